The van der Waals surface area contributed by atoms with E-state index in [0.29, 0.717) is 0 Å². The fraction of sp³-hybridized carbons (Fsp3) is 0.385. The molecule has 0 aliphatic rings. The van der Waals surface area contributed by atoms with Crippen LogP contribution in [-0.4, -0.2) is 36.2 Å². The molecule has 5 nitrogen and oxygen atoms in total. The van der Waals surface area contributed by atoms with Gasteiger partial charge in [-0.3, -0.25) is 9.59 Å². The van der Waals surface area contributed by atoms with Gasteiger partial charge in [0, 0.05) is 18.7 Å². The highest BCUT2D eigenvalue weighted by molar-refractivity contribution is 6.39. The van der Waals surface area contributed by atoms with Crippen LogP contribution in [0, 0.1) is 0 Å². The highest BCUT2D eigenvalue weighted by Crippen LogP contribution is 2.25. The smallest absolute Gasteiger partial charge is 0.389 e. The molecule has 2 amide bonds. The molecular weight excluding hydrogens is 289 g/mol. The number of alkyl halides is 3. The molecule has 0 fully saturated rings. The maximum Gasteiger partial charge on any atom is 0.389 e. The van der Waals surface area contributed by atoms with E-state index in [2.05, 4.69) is 10.6 Å². The summed E-state index contributed by atoms with van der Waals surface area (Å²) in [7, 11) is 0. The topological polar surface area (TPSA) is 78.4 Å². The molecular formula is C13H15F3N2O3. The Kier molecular flexibility index (Phi) is 6.16. The zero-order chi connectivity index (χ0) is 15.9. The molecule has 0 heterocycles. The van der Waals surface area contributed by atoms with Crippen molar-refractivity contribution in [1.29, 1.82) is 0 Å². The van der Waals surface area contributed by atoms with Crippen molar-refractivity contribution in [1.82, 2.24) is 5.32 Å². The number of hydrogen-bond donors (Lipinski definition) is 3. The number of carbonyl (C=O) groups is 2. The van der Waals surface area contributed by atoms with Gasteiger partial charge in [-0.2, -0.15) is 13.2 Å². The minimum atomic E-state index is -4.30. The van der Waals surface area contributed by atoms with Crippen LogP contribution in [0.25, 0.3) is 0 Å². The van der Waals surface area contributed by atoms with Gasteiger partial charge in [0.1, 0.15) is 0 Å². The van der Waals surface area contributed by atoms with Crippen LogP contribution in [0.3, 0.4) is 0 Å². The van der Waals surface area contributed by atoms with Crippen LogP contribution < -0.4 is 10.6 Å². The van der Waals surface area contributed by atoms with Gasteiger partial charge in [-0.05, 0) is 18.1 Å². The third kappa shape index (κ3) is 6.26. The van der Waals surface area contributed by atoms with Gasteiger partial charge in [0.25, 0.3) is 0 Å². The standard InChI is InChI=1S/C13H15F3N2O3/c14-13(15,16)6-5-9-3-1-2-4-10(9)18-12(21)11(20)17-7-8-19/h1-4,19H,5-8H2,(H,17,20)(H,18,21). The molecule has 0 saturated heterocycles. The summed E-state index contributed by atoms with van der Waals surface area (Å²) < 4.78 is 36.7. The lowest BCUT2D eigenvalue weighted by atomic mass is 10.1. The molecule has 0 unspecified atom stereocenters. The predicted molar refractivity (Wildman–Crippen MR) is 69.5 cm³/mol. The fourth-order valence-electron chi connectivity index (χ4n) is 1.57. The van der Waals surface area contributed by atoms with Crippen molar-refractivity contribution in [3.8, 4) is 0 Å². The Morgan fingerprint density at radius 1 is 1.14 bits per heavy atom. The minimum absolute atomic E-state index is 0.0814. The quantitative estimate of drug-likeness (QED) is 0.716. The van der Waals surface area contributed by atoms with E-state index in [4.69, 9.17) is 5.11 Å². The first-order valence-corrected chi connectivity index (χ1v) is 6.18. The number of hydrogen-bond acceptors (Lipinski definition) is 3. The third-order valence-corrected chi connectivity index (χ3v) is 2.55. The zero-order valence-electron chi connectivity index (χ0n) is 11.0. The van der Waals surface area contributed by atoms with Crippen molar-refractivity contribution in [2.75, 3.05) is 18.5 Å². The summed E-state index contributed by atoms with van der Waals surface area (Å²) in [5.74, 6) is -1.96. The number of amides is 2. The molecule has 1 rings (SSSR count). The fourth-order valence-corrected chi connectivity index (χ4v) is 1.57. The lowest BCUT2D eigenvalue weighted by molar-refractivity contribution is -0.136. The van der Waals surface area contributed by atoms with Crippen molar-refractivity contribution in [3.63, 3.8) is 0 Å². The van der Waals surface area contributed by atoms with Gasteiger partial charge in [0.15, 0.2) is 0 Å². The maximum absolute atomic E-state index is 12.2. The van der Waals surface area contributed by atoms with Crippen molar-refractivity contribution in [2.24, 2.45) is 0 Å². The molecule has 0 saturated carbocycles. The van der Waals surface area contributed by atoms with Crippen LogP contribution in [-0.2, 0) is 16.0 Å². The van der Waals surface area contributed by atoms with Gasteiger partial charge in [-0.15, -0.1) is 0 Å². The Labute approximate surface area is 119 Å². The number of carbonyl (C=O) groups excluding carboxylic acids is 2. The highest BCUT2D eigenvalue weighted by atomic mass is 19.4. The average molecular weight is 304 g/mol. The predicted octanol–water partition coefficient (Wildman–Crippen LogP) is 1.23. The molecule has 0 spiro atoms. The number of aliphatic hydroxyl groups is 1. The molecule has 21 heavy (non-hydrogen) atoms. The third-order valence-electron chi connectivity index (χ3n) is 2.55. The number of aryl methyl sites for hydroxylation is 1. The van der Waals surface area contributed by atoms with E-state index in [9.17, 15) is 22.8 Å². The van der Waals surface area contributed by atoms with Crippen LogP contribution in [0.5, 0.6) is 0 Å². The van der Waals surface area contributed by atoms with E-state index in [-0.39, 0.29) is 30.8 Å². The Morgan fingerprint density at radius 2 is 1.81 bits per heavy atom. The van der Waals surface area contributed by atoms with Crippen LogP contribution >= 0.6 is 0 Å². The van der Waals surface area contributed by atoms with E-state index in [1.165, 1.54) is 12.1 Å². The van der Waals surface area contributed by atoms with Gasteiger partial charge in [-0.25, -0.2) is 0 Å². The zero-order valence-corrected chi connectivity index (χ0v) is 11.0. The first-order chi connectivity index (χ1) is 9.83. The van der Waals surface area contributed by atoms with Gasteiger partial charge < -0.3 is 15.7 Å². The van der Waals surface area contributed by atoms with Gasteiger partial charge in [-0.1, -0.05) is 18.2 Å². The molecule has 0 bridgehead atoms. The summed E-state index contributed by atoms with van der Waals surface area (Å²) in [6.07, 6.45) is -5.61. The number of nitrogens with one attached hydrogen (secondary N) is 2. The van der Waals surface area contributed by atoms with Crippen molar-refractivity contribution in [3.05, 3.63) is 29.8 Å². The van der Waals surface area contributed by atoms with E-state index in [0.717, 1.165) is 0 Å². The molecule has 3 N–H and O–H groups in total. The summed E-state index contributed by atoms with van der Waals surface area (Å²) in [4.78, 5) is 22.9. The molecule has 1 aromatic carbocycles. The number of halogens is 3. The SMILES string of the molecule is O=C(NCCO)C(=O)Nc1ccccc1CCC(F)(F)F. The van der Waals surface area contributed by atoms with Gasteiger partial charge in [0.2, 0.25) is 0 Å². The highest BCUT2D eigenvalue weighted by Gasteiger charge is 2.27. The van der Waals surface area contributed by atoms with Gasteiger partial charge in [0.05, 0.1) is 6.61 Å². The molecule has 0 aliphatic heterocycles. The Morgan fingerprint density at radius 3 is 2.43 bits per heavy atom. The van der Waals surface area contributed by atoms with Crippen molar-refractivity contribution in [2.45, 2.75) is 19.0 Å². The van der Waals surface area contributed by atoms with E-state index in [1.807, 2.05) is 0 Å². The second kappa shape index (κ2) is 7.63. The molecule has 0 radical (unpaired) electrons. The molecule has 0 aliphatic carbocycles. The summed E-state index contributed by atoms with van der Waals surface area (Å²) in [6, 6.07) is 5.96. The molecule has 0 atom stereocenters. The normalized spacial score (nSPS) is 11.0. The minimum Gasteiger partial charge on any atom is -0.395 e. The Balaban J connectivity index is 2.70. The van der Waals surface area contributed by atoms with E-state index < -0.39 is 24.4 Å². The van der Waals surface area contributed by atoms with E-state index in [1.54, 1.807) is 12.1 Å². The number of benzene rings is 1. The lowest BCUT2D eigenvalue weighted by Gasteiger charge is -2.12. The average Bonchev–Trinajstić information content (AvgIpc) is 2.42. The lowest BCUT2D eigenvalue weighted by Crippen LogP contribution is -2.37. The first kappa shape index (κ1) is 17.0. The molecule has 8 heteroatoms. The van der Waals surface area contributed by atoms with Crippen LogP contribution in [0.4, 0.5) is 18.9 Å². The molecule has 116 valence electrons. The van der Waals surface area contributed by atoms with E-state index >= 15 is 0 Å². The monoisotopic (exact) mass is 304 g/mol. The summed E-state index contributed by atoms with van der Waals surface area (Å²) in [5.41, 5.74) is 0.448. The molecule has 1 aromatic rings. The Hall–Kier alpha value is -2.09. The summed E-state index contributed by atoms with van der Waals surface area (Å²) in [6.45, 7) is -0.400. The maximum atomic E-state index is 12.2. The number of aliphatic hydroxyl groups excluding tert-OH is 1. The second-order valence-corrected chi connectivity index (χ2v) is 4.21. The number of para-hydroxylation sites is 1. The van der Waals surface area contributed by atoms with Crippen LogP contribution in [0.1, 0.15) is 12.0 Å². The number of anilines is 1. The van der Waals surface area contributed by atoms with Crippen molar-refractivity contribution >= 4 is 17.5 Å². The first-order valence-electron chi connectivity index (χ1n) is 6.18. The summed E-state index contributed by atoms with van der Waals surface area (Å²) >= 11 is 0. The van der Waals surface area contributed by atoms with Crippen LogP contribution in [0.2, 0.25) is 0 Å². The second-order valence-electron chi connectivity index (χ2n) is 4.21. The number of rotatable bonds is 5. The molecule has 0 aromatic heterocycles. The Bertz CT molecular complexity index is 504. The summed E-state index contributed by atoms with van der Waals surface area (Å²) in [5, 5.41) is 12.9. The largest absolute Gasteiger partial charge is 0.395 e. The van der Waals surface area contributed by atoms with Crippen LogP contribution in [0.15, 0.2) is 24.3 Å². The van der Waals surface area contributed by atoms with Gasteiger partial charge >= 0.3 is 18.0 Å². The van der Waals surface area contributed by atoms with Crippen molar-refractivity contribution < 1.29 is 27.9 Å².